The SMILES string of the molecule is CC(C)(C)CCOc1cccc(-c2sc(N)nc2-c2ccccc2OCCOCCNc2cccc(=S)[nH]2)c1. The Morgan fingerprint density at radius 3 is 2.59 bits per heavy atom. The molecule has 4 N–H and O–H groups in total. The van der Waals surface area contributed by atoms with Gasteiger partial charge in [0.2, 0.25) is 0 Å². The second kappa shape index (κ2) is 13.6. The molecule has 4 aromatic rings. The molecule has 0 aliphatic rings. The van der Waals surface area contributed by atoms with Crippen LogP contribution in [0.4, 0.5) is 10.9 Å². The number of hydrogen-bond acceptors (Lipinski definition) is 8. The molecule has 0 spiro atoms. The van der Waals surface area contributed by atoms with Crippen molar-refractivity contribution in [2.75, 3.05) is 44.0 Å². The lowest BCUT2D eigenvalue weighted by atomic mass is 9.93. The van der Waals surface area contributed by atoms with Crippen molar-refractivity contribution in [2.24, 2.45) is 5.41 Å². The van der Waals surface area contributed by atoms with E-state index in [4.69, 9.17) is 32.2 Å². The standard InChI is InChI=1S/C30H36N4O3S2/c1-30(2,3)14-16-36-22-9-6-8-21(20-22)28-27(34-29(31)39-28)23-10-4-5-11-24(23)37-19-18-35-17-15-32-25-12-7-13-26(38)33-25/h4-13,20H,14-19H2,1-3H3,(H2,31,34)(H2,32,33,38). The lowest BCUT2D eigenvalue weighted by Crippen LogP contribution is -2.14. The molecule has 4 rings (SSSR count). The largest absolute Gasteiger partial charge is 0.494 e. The van der Waals surface area contributed by atoms with Crippen LogP contribution in [0, 0.1) is 10.1 Å². The molecule has 2 heterocycles. The van der Waals surface area contributed by atoms with Crippen LogP contribution in [0.2, 0.25) is 0 Å². The molecule has 0 amide bonds. The van der Waals surface area contributed by atoms with E-state index in [9.17, 15) is 0 Å². The van der Waals surface area contributed by atoms with Crippen molar-refractivity contribution in [3.8, 4) is 33.2 Å². The molecule has 206 valence electrons. The molecular weight excluding hydrogens is 528 g/mol. The Morgan fingerprint density at radius 2 is 1.77 bits per heavy atom. The topological polar surface area (TPSA) is 94.4 Å². The number of anilines is 2. The number of para-hydroxylation sites is 1. The molecular formula is C30H36N4O3S2. The zero-order valence-corrected chi connectivity index (χ0v) is 24.3. The van der Waals surface area contributed by atoms with Gasteiger partial charge in [-0.25, -0.2) is 4.98 Å². The number of rotatable bonds is 13. The zero-order valence-electron chi connectivity index (χ0n) is 22.7. The predicted octanol–water partition coefficient (Wildman–Crippen LogP) is 7.44. The van der Waals surface area contributed by atoms with E-state index in [1.165, 1.54) is 11.3 Å². The first-order chi connectivity index (χ1) is 18.8. The van der Waals surface area contributed by atoms with Crippen LogP contribution >= 0.6 is 23.6 Å². The highest BCUT2D eigenvalue weighted by Gasteiger charge is 2.18. The highest BCUT2D eigenvalue weighted by atomic mass is 32.1. The molecule has 2 aromatic heterocycles. The first-order valence-corrected chi connectivity index (χ1v) is 14.2. The van der Waals surface area contributed by atoms with Crippen molar-refractivity contribution in [3.05, 3.63) is 71.4 Å². The summed E-state index contributed by atoms with van der Waals surface area (Å²) in [6.07, 6.45) is 0.975. The van der Waals surface area contributed by atoms with Gasteiger partial charge in [0.15, 0.2) is 5.13 Å². The second-order valence-electron chi connectivity index (χ2n) is 10.2. The number of nitrogen functional groups attached to an aromatic ring is 1. The van der Waals surface area contributed by atoms with E-state index in [2.05, 4.69) is 42.1 Å². The smallest absolute Gasteiger partial charge is 0.181 e. The van der Waals surface area contributed by atoms with E-state index in [1.54, 1.807) is 0 Å². The minimum Gasteiger partial charge on any atom is -0.494 e. The van der Waals surface area contributed by atoms with Crippen molar-refractivity contribution in [1.29, 1.82) is 0 Å². The van der Waals surface area contributed by atoms with Gasteiger partial charge < -0.3 is 30.2 Å². The van der Waals surface area contributed by atoms with Crippen LogP contribution in [0.3, 0.4) is 0 Å². The van der Waals surface area contributed by atoms with Gasteiger partial charge in [0.25, 0.3) is 0 Å². The minimum atomic E-state index is 0.221. The van der Waals surface area contributed by atoms with Gasteiger partial charge in [-0.1, -0.05) is 74.7 Å². The number of nitrogens with two attached hydrogens (primary N) is 1. The number of hydrogen-bond donors (Lipinski definition) is 3. The first kappa shape index (κ1) is 28.6. The Balaban J connectivity index is 1.37. The lowest BCUT2D eigenvalue weighted by molar-refractivity contribution is 0.108. The number of aromatic nitrogens is 2. The number of nitrogens with zero attached hydrogens (tertiary/aromatic N) is 1. The van der Waals surface area contributed by atoms with Gasteiger partial charge in [-0.15, -0.1) is 0 Å². The summed E-state index contributed by atoms with van der Waals surface area (Å²) in [6.45, 7) is 9.38. The average Bonchev–Trinajstić information content (AvgIpc) is 3.29. The summed E-state index contributed by atoms with van der Waals surface area (Å²) in [7, 11) is 0. The monoisotopic (exact) mass is 564 g/mol. The number of benzene rings is 2. The molecule has 7 nitrogen and oxygen atoms in total. The molecule has 0 atom stereocenters. The number of aromatic amines is 1. The van der Waals surface area contributed by atoms with Crippen molar-refractivity contribution in [3.63, 3.8) is 0 Å². The summed E-state index contributed by atoms with van der Waals surface area (Å²) in [6, 6.07) is 21.7. The third-order valence-corrected chi connectivity index (χ3v) is 6.99. The van der Waals surface area contributed by atoms with Crippen LogP contribution in [-0.2, 0) is 4.74 Å². The van der Waals surface area contributed by atoms with Crippen LogP contribution in [0.1, 0.15) is 27.2 Å². The summed E-state index contributed by atoms with van der Waals surface area (Å²) < 4.78 is 18.6. The van der Waals surface area contributed by atoms with E-state index < -0.39 is 0 Å². The molecule has 9 heteroatoms. The highest BCUT2D eigenvalue weighted by Crippen LogP contribution is 2.42. The first-order valence-electron chi connectivity index (χ1n) is 13.0. The molecule has 2 aromatic carbocycles. The van der Waals surface area contributed by atoms with E-state index in [1.807, 2.05) is 60.7 Å². The Kier molecular flexibility index (Phi) is 9.97. The van der Waals surface area contributed by atoms with Crippen LogP contribution in [-0.4, -0.2) is 42.9 Å². The highest BCUT2D eigenvalue weighted by molar-refractivity contribution is 7.71. The normalized spacial score (nSPS) is 11.4. The van der Waals surface area contributed by atoms with Crippen molar-refractivity contribution < 1.29 is 14.2 Å². The molecule has 0 fully saturated rings. The van der Waals surface area contributed by atoms with Gasteiger partial charge in [0.05, 0.1) is 30.4 Å². The molecule has 0 aliphatic heterocycles. The van der Waals surface area contributed by atoms with Crippen molar-refractivity contribution in [1.82, 2.24) is 9.97 Å². The number of H-pyrrole nitrogens is 1. The molecule has 0 unspecified atom stereocenters. The third-order valence-electron chi connectivity index (χ3n) is 5.82. The Hall–Kier alpha value is -3.40. The van der Waals surface area contributed by atoms with Gasteiger partial charge in [-0.3, -0.25) is 0 Å². The summed E-state index contributed by atoms with van der Waals surface area (Å²) in [5.74, 6) is 2.44. The maximum atomic E-state index is 6.19. The molecule has 0 saturated heterocycles. The Morgan fingerprint density at radius 1 is 0.949 bits per heavy atom. The van der Waals surface area contributed by atoms with E-state index in [0.29, 0.717) is 42.7 Å². The Labute approximate surface area is 239 Å². The van der Waals surface area contributed by atoms with Crippen LogP contribution in [0.5, 0.6) is 11.5 Å². The van der Waals surface area contributed by atoms with Gasteiger partial charge in [0.1, 0.15) is 28.6 Å². The molecule has 0 bridgehead atoms. The third kappa shape index (κ3) is 8.81. The summed E-state index contributed by atoms with van der Waals surface area (Å²) in [5.41, 5.74) is 9.11. The fourth-order valence-electron chi connectivity index (χ4n) is 3.83. The van der Waals surface area contributed by atoms with Crippen LogP contribution in [0.15, 0.2) is 66.7 Å². The zero-order chi connectivity index (χ0) is 27.7. The molecule has 39 heavy (non-hydrogen) atoms. The van der Waals surface area contributed by atoms with Crippen molar-refractivity contribution >= 4 is 34.5 Å². The van der Waals surface area contributed by atoms with E-state index in [-0.39, 0.29) is 5.41 Å². The van der Waals surface area contributed by atoms with Gasteiger partial charge in [-0.05, 0) is 53.8 Å². The predicted molar refractivity (Wildman–Crippen MR) is 163 cm³/mol. The molecule has 0 aliphatic carbocycles. The Bertz CT molecular complexity index is 1410. The second-order valence-corrected chi connectivity index (χ2v) is 11.7. The number of pyridine rings is 1. The van der Waals surface area contributed by atoms with Gasteiger partial charge in [-0.2, -0.15) is 0 Å². The molecule has 0 saturated carbocycles. The minimum absolute atomic E-state index is 0.221. The quantitative estimate of drug-likeness (QED) is 0.115. The summed E-state index contributed by atoms with van der Waals surface area (Å²) >= 11 is 6.60. The molecule has 0 radical (unpaired) electrons. The summed E-state index contributed by atoms with van der Waals surface area (Å²) in [5, 5.41) is 3.76. The van der Waals surface area contributed by atoms with E-state index >= 15 is 0 Å². The van der Waals surface area contributed by atoms with Crippen molar-refractivity contribution in [2.45, 2.75) is 27.2 Å². The average molecular weight is 565 g/mol. The fraction of sp³-hybridized carbons (Fsp3) is 0.333. The summed E-state index contributed by atoms with van der Waals surface area (Å²) in [4.78, 5) is 8.74. The number of thiazole rings is 1. The maximum Gasteiger partial charge on any atom is 0.181 e. The number of nitrogens with one attached hydrogen (secondary N) is 2. The van der Waals surface area contributed by atoms with Crippen LogP contribution < -0.4 is 20.5 Å². The number of ether oxygens (including phenoxy) is 3. The van der Waals surface area contributed by atoms with Crippen LogP contribution in [0.25, 0.3) is 21.7 Å². The van der Waals surface area contributed by atoms with E-state index in [0.717, 1.165) is 45.4 Å². The van der Waals surface area contributed by atoms with Gasteiger partial charge >= 0.3 is 0 Å². The fourth-order valence-corrected chi connectivity index (χ4v) is 4.86. The lowest BCUT2D eigenvalue weighted by Gasteiger charge is -2.18. The van der Waals surface area contributed by atoms with Gasteiger partial charge in [0, 0.05) is 12.1 Å². The maximum absolute atomic E-state index is 6.19.